The fourth-order valence-electron chi connectivity index (χ4n) is 3.70. The summed E-state index contributed by atoms with van der Waals surface area (Å²) in [6.07, 6.45) is 2.60. The van der Waals surface area contributed by atoms with Crippen LogP contribution in [0.4, 0.5) is 21.9 Å². The molecule has 7 heteroatoms. The van der Waals surface area contributed by atoms with Gasteiger partial charge < -0.3 is 20.9 Å². The van der Waals surface area contributed by atoms with Gasteiger partial charge in [0, 0.05) is 29.7 Å². The number of anilines is 3. The molecule has 2 heterocycles. The Morgan fingerprint density at radius 3 is 2.21 bits per heavy atom. The first kappa shape index (κ1) is 21.2. The Morgan fingerprint density at radius 1 is 0.794 bits per heavy atom. The van der Waals surface area contributed by atoms with Crippen LogP contribution >= 0.6 is 0 Å². The molecule has 0 unspecified atom stereocenters. The Labute approximate surface area is 197 Å². The van der Waals surface area contributed by atoms with Crippen LogP contribution in [0.3, 0.4) is 0 Å². The average Bonchev–Trinajstić information content (AvgIpc) is 3.32. The van der Waals surface area contributed by atoms with E-state index in [1.165, 1.54) is 5.56 Å². The number of nitrogens with one attached hydrogen (secondary N) is 4. The topological polar surface area (TPSA) is 94.7 Å². The highest BCUT2D eigenvalue weighted by atomic mass is 16.2. The minimum absolute atomic E-state index is 0.267. The molecule has 5 aromatic rings. The second-order valence-corrected chi connectivity index (χ2v) is 7.83. The number of urea groups is 1. The fraction of sp³-hybridized carbons (Fsp3) is 0.0741. The van der Waals surface area contributed by atoms with E-state index < -0.39 is 0 Å². The van der Waals surface area contributed by atoms with Gasteiger partial charge in [0.15, 0.2) is 5.65 Å². The number of H-pyrrole nitrogens is 1. The largest absolute Gasteiger partial charge is 0.383 e. The number of nitrogens with zero attached hydrogens (tertiary/aromatic N) is 2. The number of aromatic amines is 1. The zero-order valence-corrected chi connectivity index (χ0v) is 18.5. The van der Waals surface area contributed by atoms with Crippen molar-refractivity contribution in [1.82, 2.24) is 15.0 Å². The summed E-state index contributed by atoms with van der Waals surface area (Å²) in [7, 11) is 0. The first-order valence-electron chi connectivity index (χ1n) is 11.1. The number of amides is 2. The van der Waals surface area contributed by atoms with E-state index in [1.807, 2.05) is 91.0 Å². The monoisotopic (exact) mass is 448 g/mol. The lowest BCUT2D eigenvalue weighted by atomic mass is 10.1. The molecule has 0 saturated carbocycles. The van der Waals surface area contributed by atoms with Gasteiger partial charge in [-0.15, -0.1) is 0 Å². The highest BCUT2D eigenvalue weighted by Crippen LogP contribution is 2.24. The lowest BCUT2D eigenvalue weighted by Crippen LogP contribution is -2.19. The van der Waals surface area contributed by atoms with Gasteiger partial charge in [-0.2, -0.15) is 0 Å². The molecule has 168 valence electrons. The van der Waals surface area contributed by atoms with Gasteiger partial charge in [0.1, 0.15) is 11.3 Å². The molecule has 0 aliphatic carbocycles. The molecule has 0 bridgehead atoms. The number of aromatic nitrogens is 3. The van der Waals surface area contributed by atoms with Gasteiger partial charge in [-0.3, -0.25) is 0 Å². The van der Waals surface area contributed by atoms with Crippen LogP contribution in [0.15, 0.2) is 97.2 Å². The number of pyridine rings is 1. The van der Waals surface area contributed by atoms with Crippen LogP contribution < -0.4 is 16.0 Å². The van der Waals surface area contributed by atoms with E-state index in [0.717, 1.165) is 46.9 Å². The molecule has 7 nitrogen and oxygen atoms in total. The van der Waals surface area contributed by atoms with E-state index in [2.05, 4.69) is 30.9 Å². The molecular weight excluding hydrogens is 424 g/mol. The summed E-state index contributed by atoms with van der Waals surface area (Å²) in [6.45, 7) is 0.750. The van der Waals surface area contributed by atoms with Gasteiger partial charge >= 0.3 is 6.03 Å². The predicted octanol–water partition coefficient (Wildman–Crippen LogP) is 5.92. The number of carbonyl (C=O) groups excluding carboxylic acids is 1. The number of hydrogen-bond acceptors (Lipinski definition) is 4. The highest BCUT2D eigenvalue weighted by molar-refractivity contribution is 5.99. The van der Waals surface area contributed by atoms with Crippen molar-refractivity contribution >= 4 is 34.3 Å². The van der Waals surface area contributed by atoms with Crippen molar-refractivity contribution in [2.24, 2.45) is 0 Å². The van der Waals surface area contributed by atoms with Crippen molar-refractivity contribution < 1.29 is 4.79 Å². The maximum absolute atomic E-state index is 12.1. The van der Waals surface area contributed by atoms with Crippen LogP contribution in [0.1, 0.15) is 5.56 Å². The first-order valence-corrected chi connectivity index (χ1v) is 11.1. The van der Waals surface area contributed by atoms with E-state index >= 15 is 0 Å². The van der Waals surface area contributed by atoms with Gasteiger partial charge in [0.05, 0.1) is 5.69 Å². The number of fused-ring (bicyclic) bond motifs is 1. The van der Waals surface area contributed by atoms with Crippen LogP contribution in [-0.2, 0) is 6.42 Å². The third-order valence-electron chi connectivity index (χ3n) is 5.41. The van der Waals surface area contributed by atoms with Gasteiger partial charge in [0.25, 0.3) is 0 Å². The predicted molar refractivity (Wildman–Crippen MR) is 137 cm³/mol. The molecular formula is C27H24N6O. The Balaban J connectivity index is 1.17. The zero-order valence-electron chi connectivity index (χ0n) is 18.5. The number of para-hydroxylation sites is 1. The Morgan fingerprint density at radius 2 is 1.47 bits per heavy atom. The van der Waals surface area contributed by atoms with Crippen LogP contribution in [0.25, 0.3) is 22.6 Å². The fourth-order valence-corrected chi connectivity index (χ4v) is 3.70. The summed E-state index contributed by atoms with van der Waals surface area (Å²) >= 11 is 0. The Hall–Kier alpha value is -4.65. The minimum Gasteiger partial charge on any atom is -0.383 e. The maximum Gasteiger partial charge on any atom is 0.323 e. The molecule has 5 rings (SSSR count). The second kappa shape index (κ2) is 9.87. The quantitative estimate of drug-likeness (QED) is 0.248. The van der Waals surface area contributed by atoms with E-state index in [9.17, 15) is 4.79 Å². The molecule has 2 aromatic heterocycles. The molecule has 34 heavy (non-hydrogen) atoms. The smallest absolute Gasteiger partial charge is 0.323 e. The van der Waals surface area contributed by atoms with Crippen molar-refractivity contribution in [3.63, 3.8) is 0 Å². The second-order valence-electron chi connectivity index (χ2n) is 7.83. The molecule has 0 aliphatic rings. The normalized spacial score (nSPS) is 10.7. The molecule has 0 radical (unpaired) electrons. The van der Waals surface area contributed by atoms with Crippen molar-refractivity contribution in [2.45, 2.75) is 6.42 Å². The van der Waals surface area contributed by atoms with Gasteiger partial charge in [-0.05, 0) is 42.3 Å². The summed E-state index contributed by atoms with van der Waals surface area (Å²) in [6, 6.07) is 28.9. The summed E-state index contributed by atoms with van der Waals surface area (Å²) in [5, 5.41) is 9.15. The summed E-state index contributed by atoms with van der Waals surface area (Å²) in [4.78, 5) is 24.6. The molecule has 3 aromatic carbocycles. The average molecular weight is 449 g/mol. The van der Waals surface area contributed by atoms with Gasteiger partial charge in [-0.1, -0.05) is 60.7 Å². The van der Waals surface area contributed by atoms with E-state index in [-0.39, 0.29) is 6.03 Å². The molecule has 4 N–H and O–H groups in total. The van der Waals surface area contributed by atoms with Crippen LogP contribution in [-0.4, -0.2) is 27.5 Å². The number of hydrogen-bond donors (Lipinski definition) is 4. The summed E-state index contributed by atoms with van der Waals surface area (Å²) < 4.78 is 0. The SMILES string of the molecule is O=C(Nc1ccccc1)Nc1ccc(CCNc2ccnc3nc(-c4ccccc4)[nH]c23)cc1. The van der Waals surface area contributed by atoms with E-state index in [4.69, 9.17) is 0 Å². The molecule has 0 atom stereocenters. The number of benzene rings is 3. The molecule has 2 amide bonds. The first-order chi connectivity index (χ1) is 16.7. The van der Waals surface area contributed by atoms with Crippen molar-refractivity contribution in [1.29, 1.82) is 0 Å². The summed E-state index contributed by atoms with van der Waals surface area (Å²) in [5.74, 6) is 0.803. The number of carbonyl (C=O) groups is 1. The minimum atomic E-state index is -0.267. The van der Waals surface area contributed by atoms with Crippen molar-refractivity contribution in [3.8, 4) is 11.4 Å². The maximum atomic E-state index is 12.1. The third-order valence-corrected chi connectivity index (χ3v) is 5.41. The van der Waals surface area contributed by atoms with Crippen molar-refractivity contribution in [3.05, 3.63) is 103 Å². The van der Waals surface area contributed by atoms with Gasteiger partial charge in [-0.25, -0.2) is 14.8 Å². The van der Waals surface area contributed by atoms with Gasteiger partial charge in [0.2, 0.25) is 0 Å². The molecule has 0 saturated heterocycles. The highest BCUT2D eigenvalue weighted by Gasteiger charge is 2.09. The Kier molecular flexibility index (Phi) is 6.16. The van der Waals surface area contributed by atoms with Crippen molar-refractivity contribution in [2.75, 3.05) is 22.5 Å². The molecule has 0 fully saturated rings. The lowest BCUT2D eigenvalue weighted by molar-refractivity contribution is 0.262. The van der Waals surface area contributed by atoms with Crippen LogP contribution in [0, 0.1) is 0 Å². The number of rotatable bonds is 7. The lowest BCUT2D eigenvalue weighted by Gasteiger charge is -2.09. The van der Waals surface area contributed by atoms with Crippen LogP contribution in [0.5, 0.6) is 0 Å². The molecule has 0 spiro atoms. The van der Waals surface area contributed by atoms with E-state index in [1.54, 1.807) is 6.20 Å². The summed E-state index contributed by atoms with van der Waals surface area (Å²) in [5.41, 5.74) is 6.24. The third kappa shape index (κ3) is 5.05. The van der Waals surface area contributed by atoms with Crippen LogP contribution in [0.2, 0.25) is 0 Å². The number of imidazole rings is 1. The zero-order chi connectivity index (χ0) is 23.2. The molecule has 0 aliphatic heterocycles. The Bertz CT molecular complexity index is 1380. The standard InChI is InChI=1S/C27H24N6O/c34-27(30-21-9-5-2-6-10-21)31-22-13-11-19(12-14-22)15-17-28-23-16-18-29-26-24(23)32-25(33-26)20-7-3-1-4-8-20/h1-14,16,18H,15,17H2,(H2,30,31,34)(H2,28,29,32,33). The van der Waals surface area contributed by atoms with E-state index in [0.29, 0.717) is 5.65 Å².